The van der Waals surface area contributed by atoms with Crippen LogP contribution in [0.15, 0.2) is 4.99 Å². The zero-order chi connectivity index (χ0) is 14.3. The van der Waals surface area contributed by atoms with E-state index in [-0.39, 0.29) is 24.0 Å². The van der Waals surface area contributed by atoms with Crippen LogP contribution in [0.1, 0.15) is 40.5 Å². The minimum absolute atomic E-state index is 0. The molecule has 0 spiro atoms. The van der Waals surface area contributed by atoms with Crippen LogP contribution in [0.5, 0.6) is 0 Å². The molecular formula is C15H33IN4. The third kappa shape index (κ3) is 8.29. The Kier molecular flexibility index (Phi) is 10.6. The second-order valence-electron chi connectivity index (χ2n) is 6.41. The summed E-state index contributed by atoms with van der Waals surface area (Å²) in [5, 5.41) is 6.79. The highest BCUT2D eigenvalue weighted by molar-refractivity contribution is 14.0. The van der Waals surface area contributed by atoms with Gasteiger partial charge in [-0.25, -0.2) is 0 Å². The first-order valence-corrected chi connectivity index (χ1v) is 7.70. The molecule has 0 aliphatic carbocycles. The summed E-state index contributed by atoms with van der Waals surface area (Å²) in [5.74, 6) is 2.44. The monoisotopic (exact) mass is 396 g/mol. The van der Waals surface area contributed by atoms with Crippen molar-refractivity contribution in [3.05, 3.63) is 0 Å². The van der Waals surface area contributed by atoms with Crippen molar-refractivity contribution in [1.29, 1.82) is 0 Å². The summed E-state index contributed by atoms with van der Waals surface area (Å²) in [6.45, 7) is 13.6. The number of likely N-dealkylation sites (tertiary alicyclic amines) is 1. The van der Waals surface area contributed by atoms with E-state index >= 15 is 0 Å². The molecule has 1 saturated heterocycles. The van der Waals surface area contributed by atoms with Crippen molar-refractivity contribution in [2.24, 2.45) is 16.8 Å². The molecule has 1 fully saturated rings. The first-order chi connectivity index (χ1) is 9.01. The Bertz CT molecular complexity index is 279. The minimum atomic E-state index is 0. The van der Waals surface area contributed by atoms with Gasteiger partial charge in [-0.1, -0.05) is 13.8 Å². The van der Waals surface area contributed by atoms with Gasteiger partial charge in [-0.2, -0.15) is 0 Å². The highest BCUT2D eigenvalue weighted by Crippen LogP contribution is 2.16. The Morgan fingerprint density at radius 2 is 2.00 bits per heavy atom. The molecular weight excluding hydrogens is 363 g/mol. The second kappa shape index (κ2) is 10.7. The Balaban J connectivity index is 0.00000361. The van der Waals surface area contributed by atoms with Gasteiger partial charge in [0.2, 0.25) is 0 Å². The highest BCUT2D eigenvalue weighted by Gasteiger charge is 2.20. The number of piperidine rings is 1. The van der Waals surface area contributed by atoms with Crippen LogP contribution in [0.2, 0.25) is 0 Å². The molecule has 1 unspecified atom stereocenters. The van der Waals surface area contributed by atoms with Gasteiger partial charge in [0.15, 0.2) is 5.96 Å². The number of guanidine groups is 1. The van der Waals surface area contributed by atoms with Crippen molar-refractivity contribution >= 4 is 29.9 Å². The largest absolute Gasteiger partial charge is 0.356 e. The van der Waals surface area contributed by atoms with Crippen LogP contribution < -0.4 is 10.6 Å². The first-order valence-electron chi connectivity index (χ1n) is 7.70. The van der Waals surface area contributed by atoms with E-state index in [9.17, 15) is 0 Å². The topological polar surface area (TPSA) is 39.7 Å². The number of halogens is 1. The molecule has 0 aromatic carbocycles. The maximum Gasteiger partial charge on any atom is 0.191 e. The smallest absolute Gasteiger partial charge is 0.191 e. The van der Waals surface area contributed by atoms with Crippen LogP contribution in [0.4, 0.5) is 0 Å². The Hall–Kier alpha value is -0.0400. The average molecular weight is 396 g/mol. The van der Waals surface area contributed by atoms with Gasteiger partial charge in [-0.15, -0.1) is 24.0 Å². The molecule has 0 aromatic rings. The van der Waals surface area contributed by atoms with Crippen LogP contribution in [0.3, 0.4) is 0 Å². The number of aliphatic imine (C=N–C) groups is 1. The lowest BCUT2D eigenvalue weighted by atomic mass is 9.97. The van der Waals surface area contributed by atoms with Gasteiger partial charge in [0.05, 0.1) is 0 Å². The SMILES string of the molecule is CN=C(NCC1CCCN(CC(C)C)C1)NC(C)C.I. The Morgan fingerprint density at radius 3 is 2.55 bits per heavy atom. The zero-order valence-electron chi connectivity index (χ0n) is 13.8. The Morgan fingerprint density at radius 1 is 1.30 bits per heavy atom. The highest BCUT2D eigenvalue weighted by atomic mass is 127. The van der Waals surface area contributed by atoms with E-state index in [0.29, 0.717) is 6.04 Å². The second-order valence-corrected chi connectivity index (χ2v) is 6.41. The molecule has 1 atom stereocenters. The van der Waals surface area contributed by atoms with Crippen molar-refractivity contribution in [1.82, 2.24) is 15.5 Å². The molecule has 1 aliphatic rings. The summed E-state index contributed by atoms with van der Waals surface area (Å²) in [5.41, 5.74) is 0. The average Bonchev–Trinajstić information content (AvgIpc) is 2.33. The standard InChI is InChI=1S/C15H32N4.HI/c1-12(2)10-19-8-6-7-14(11-19)9-17-15(16-5)18-13(3)4;/h12-14H,6-11H2,1-5H3,(H2,16,17,18);1H. The number of rotatable bonds is 5. The van der Waals surface area contributed by atoms with Crippen molar-refractivity contribution < 1.29 is 0 Å². The molecule has 0 bridgehead atoms. The van der Waals surface area contributed by atoms with Gasteiger partial charge in [-0.3, -0.25) is 4.99 Å². The molecule has 0 saturated carbocycles. The van der Waals surface area contributed by atoms with E-state index in [2.05, 4.69) is 48.2 Å². The van der Waals surface area contributed by atoms with Crippen molar-refractivity contribution in [3.8, 4) is 0 Å². The van der Waals surface area contributed by atoms with Gasteiger partial charge >= 0.3 is 0 Å². The fraction of sp³-hybridized carbons (Fsp3) is 0.933. The predicted octanol–water partition coefficient (Wildman–Crippen LogP) is 2.55. The Labute approximate surface area is 142 Å². The number of nitrogens with one attached hydrogen (secondary N) is 2. The van der Waals surface area contributed by atoms with E-state index in [1.165, 1.54) is 32.5 Å². The van der Waals surface area contributed by atoms with E-state index < -0.39 is 0 Å². The predicted molar refractivity (Wildman–Crippen MR) is 99.1 cm³/mol. The van der Waals surface area contributed by atoms with Gasteiger partial charge in [-0.05, 0) is 45.1 Å². The van der Waals surface area contributed by atoms with Crippen molar-refractivity contribution in [3.63, 3.8) is 0 Å². The third-order valence-electron chi connectivity index (χ3n) is 3.43. The molecule has 4 nitrogen and oxygen atoms in total. The first kappa shape index (κ1) is 20.0. The number of hydrogen-bond donors (Lipinski definition) is 2. The summed E-state index contributed by atoms with van der Waals surface area (Å²) in [6.07, 6.45) is 2.66. The molecule has 0 amide bonds. The molecule has 1 rings (SSSR count). The quantitative estimate of drug-likeness (QED) is 0.426. The molecule has 0 radical (unpaired) electrons. The van der Waals surface area contributed by atoms with E-state index in [0.717, 1.165) is 24.3 Å². The summed E-state index contributed by atoms with van der Waals surface area (Å²) in [4.78, 5) is 6.87. The van der Waals surface area contributed by atoms with Gasteiger partial charge in [0, 0.05) is 32.7 Å². The van der Waals surface area contributed by atoms with Crippen molar-refractivity contribution in [2.45, 2.75) is 46.6 Å². The molecule has 0 aromatic heterocycles. The molecule has 1 aliphatic heterocycles. The fourth-order valence-electron chi connectivity index (χ4n) is 2.71. The van der Waals surface area contributed by atoms with E-state index in [1.54, 1.807) is 0 Å². The van der Waals surface area contributed by atoms with Crippen LogP contribution in [0.25, 0.3) is 0 Å². The van der Waals surface area contributed by atoms with E-state index in [1.807, 2.05) is 7.05 Å². The minimum Gasteiger partial charge on any atom is -0.356 e. The van der Waals surface area contributed by atoms with Crippen LogP contribution >= 0.6 is 24.0 Å². The molecule has 120 valence electrons. The summed E-state index contributed by atoms with van der Waals surface area (Å²) in [6, 6.07) is 0.426. The summed E-state index contributed by atoms with van der Waals surface area (Å²) in [7, 11) is 1.84. The number of hydrogen-bond acceptors (Lipinski definition) is 2. The maximum atomic E-state index is 4.26. The molecule has 20 heavy (non-hydrogen) atoms. The van der Waals surface area contributed by atoms with Gasteiger partial charge in [0.25, 0.3) is 0 Å². The lowest BCUT2D eigenvalue weighted by Gasteiger charge is -2.34. The lowest BCUT2D eigenvalue weighted by molar-refractivity contribution is 0.159. The fourth-order valence-corrected chi connectivity index (χ4v) is 2.71. The maximum absolute atomic E-state index is 4.26. The zero-order valence-corrected chi connectivity index (χ0v) is 16.1. The van der Waals surface area contributed by atoms with Gasteiger partial charge in [0.1, 0.15) is 0 Å². The molecule has 1 heterocycles. The summed E-state index contributed by atoms with van der Waals surface area (Å²) < 4.78 is 0. The van der Waals surface area contributed by atoms with Crippen molar-refractivity contribution in [2.75, 3.05) is 33.2 Å². The molecule has 5 heteroatoms. The normalized spacial score (nSPS) is 20.9. The summed E-state index contributed by atoms with van der Waals surface area (Å²) >= 11 is 0. The van der Waals surface area contributed by atoms with Crippen LogP contribution in [0, 0.1) is 11.8 Å². The third-order valence-corrected chi connectivity index (χ3v) is 3.43. The van der Waals surface area contributed by atoms with E-state index in [4.69, 9.17) is 0 Å². The van der Waals surface area contributed by atoms with Crippen LogP contribution in [-0.2, 0) is 0 Å². The molecule has 2 N–H and O–H groups in total. The lowest BCUT2D eigenvalue weighted by Crippen LogP contribution is -2.46. The number of nitrogens with zero attached hydrogens (tertiary/aromatic N) is 2. The van der Waals surface area contributed by atoms with Gasteiger partial charge < -0.3 is 15.5 Å². The van der Waals surface area contributed by atoms with Crippen LogP contribution in [-0.4, -0.2) is 50.1 Å².